The number of hydrogen-bond donors (Lipinski definition) is 1. The van der Waals surface area contributed by atoms with Gasteiger partial charge in [0.25, 0.3) is 0 Å². The van der Waals surface area contributed by atoms with E-state index in [-0.39, 0.29) is 33.8 Å². The Hall–Kier alpha value is -2.27. The van der Waals surface area contributed by atoms with E-state index >= 15 is 0 Å². The minimum atomic E-state index is -0.620. The fourth-order valence-electron chi connectivity index (χ4n) is 3.19. The fraction of sp³-hybridized carbons (Fsp3) is 0.333. The van der Waals surface area contributed by atoms with E-state index in [2.05, 4.69) is 0 Å². The highest BCUT2D eigenvalue weighted by molar-refractivity contribution is 6.50. The Morgan fingerprint density at radius 2 is 2.04 bits per heavy atom. The largest absolute Gasteiger partial charge is 0.507 e. The second-order valence-corrected chi connectivity index (χ2v) is 6.18. The number of hydrogen-bond acceptors (Lipinski definition) is 5. The molecule has 3 rings (SSSR count). The van der Waals surface area contributed by atoms with Gasteiger partial charge in [0, 0.05) is 11.1 Å². The van der Waals surface area contributed by atoms with Gasteiger partial charge in [-0.05, 0) is 31.1 Å². The number of fused-ring (bicyclic) bond motifs is 2. The standard InChI is InChI=1S/C18H17ClO5/c1-4-5-11-12-9(6-8(2)24-11)7-10-13(16(12)21)17(22)14(19)18(23-3)15(10)20/h6-7,11,21H,4-5H2,1-3H3. The number of Topliss-reactive ketones (excluding diaryl/α,β-unsaturated/α-hetero) is 2. The van der Waals surface area contributed by atoms with Gasteiger partial charge in [0.05, 0.1) is 18.4 Å². The van der Waals surface area contributed by atoms with Gasteiger partial charge in [-0.25, -0.2) is 0 Å². The fourth-order valence-corrected chi connectivity index (χ4v) is 3.45. The summed E-state index contributed by atoms with van der Waals surface area (Å²) in [5.74, 6) is -0.886. The van der Waals surface area contributed by atoms with Gasteiger partial charge in [-0.2, -0.15) is 0 Å². The molecule has 1 aliphatic carbocycles. The maximum absolute atomic E-state index is 12.5. The molecule has 1 N–H and O–H groups in total. The van der Waals surface area contributed by atoms with Crippen LogP contribution >= 0.6 is 11.6 Å². The molecule has 126 valence electrons. The molecule has 0 amide bonds. The third-order valence-electron chi connectivity index (χ3n) is 4.21. The molecular weight excluding hydrogens is 332 g/mol. The van der Waals surface area contributed by atoms with E-state index in [1.807, 2.05) is 13.8 Å². The summed E-state index contributed by atoms with van der Waals surface area (Å²) >= 11 is 5.96. The number of phenolic OH excluding ortho intramolecular Hbond substituents is 1. The van der Waals surface area contributed by atoms with Gasteiger partial charge in [0.2, 0.25) is 11.6 Å². The zero-order chi connectivity index (χ0) is 17.6. The van der Waals surface area contributed by atoms with Crippen molar-refractivity contribution in [2.24, 2.45) is 0 Å². The quantitative estimate of drug-likeness (QED) is 0.890. The van der Waals surface area contributed by atoms with Crippen LogP contribution in [0.15, 0.2) is 22.6 Å². The van der Waals surface area contributed by atoms with Crippen molar-refractivity contribution in [3.63, 3.8) is 0 Å². The number of benzene rings is 1. The number of allylic oxidation sites excluding steroid dienone is 3. The third kappa shape index (κ3) is 2.31. The van der Waals surface area contributed by atoms with Gasteiger partial charge in [-0.3, -0.25) is 9.59 Å². The second kappa shape index (κ2) is 5.98. The molecule has 1 heterocycles. The third-order valence-corrected chi connectivity index (χ3v) is 4.56. The van der Waals surface area contributed by atoms with Gasteiger partial charge in [0.15, 0.2) is 5.76 Å². The zero-order valence-corrected chi connectivity index (χ0v) is 14.4. The molecule has 0 saturated heterocycles. The molecule has 1 unspecified atom stereocenters. The molecule has 1 aliphatic heterocycles. The normalized spacial score (nSPS) is 19.5. The predicted octanol–water partition coefficient (Wildman–Crippen LogP) is 4.10. The van der Waals surface area contributed by atoms with E-state index in [0.717, 1.165) is 6.42 Å². The maximum atomic E-state index is 12.5. The van der Waals surface area contributed by atoms with Crippen molar-refractivity contribution in [1.82, 2.24) is 0 Å². The number of methoxy groups -OCH3 is 1. The SMILES string of the molecule is CCCC1OC(C)=Cc2cc3c(c(O)c21)C(=O)C(Cl)=C(OC)C3=O. The molecule has 0 saturated carbocycles. The van der Waals surface area contributed by atoms with Crippen LogP contribution in [0.4, 0.5) is 0 Å². The van der Waals surface area contributed by atoms with Crippen LogP contribution in [0, 0.1) is 0 Å². The van der Waals surface area contributed by atoms with Crippen molar-refractivity contribution in [3.05, 3.63) is 44.9 Å². The Labute approximate surface area is 144 Å². The van der Waals surface area contributed by atoms with Crippen LogP contribution in [0.5, 0.6) is 5.75 Å². The average Bonchev–Trinajstić information content (AvgIpc) is 2.53. The summed E-state index contributed by atoms with van der Waals surface area (Å²) in [6, 6.07) is 1.60. The molecule has 1 aromatic rings. The summed E-state index contributed by atoms with van der Waals surface area (Å²) in [5.41, 5.74) is 1.21. The maximum Gasteiger partial charge on any atom is 0.230 e. The molecule has 0 fully saturated rings. The van der Waals surface area contributed by atoms with Crippen LogP contribution < -0.4 is 0 Å². The first-order valence-electron chi connectivity index (χ1n) is 7.68. The first-order valence-corrected chi connectivity index (χ1v) is 8.06. The second-order valence-electron chi connectivity index (χ2n) is 5.81. The minimum Gasteiger partial charge on any atom is -0.507 e. The lowest BCUT2D eigenvalue weighted by Gasteiger charge is -2.29. The molecule has 0 radical (unpaired) electrons. The number of carbonyl (C=O) groups is 2. The number of rotatable bonds is 3. The highest BCUT2D eigenvalue weighted by Crippen LogP contribution is 2.45. The van der Waals surface area contributed by atoms with Crippen LogP contribution in [-0.4, -0.2) is 23.8 Å². The van der Waals surface area contributed by atoms with Gasteiger partial charge >= 0.3 is 0 Å². The molecule has 24 heavy (non-hydrogen) atoms. The molecule has 1 aromatic carbocycles. The number of aromatic hydroxyl groups is 1. The van der Waals surface area contributed by atoms with Gasteiger partial charge in [-0.1, -0.05) is 24.9 Å². The zero-order valence-electron chi connectivity index (χ0n) is 13.6. The van der Waals surface area contributed by atoms with Crippen molar-refractivity contribution in [2.45, 2.75) is 32.8 Å². The number of ketones is 2. The molecule has 2 aliphatic rings. The van der Waals surface area contributed by atoms with Crippen LogP contribution in [-0.2, 0) is 9.47 Å². The Balaban J connectivity index is 2.28. The predicted molar refractivity (Wildman–Crippen MR) is 89.0 cm³/mol. The van der Waals surface area contributed by atoms with E-state index in [1.54, 1.807) is 12.1 Å². The molecule has 1 atom stereocenters. The summed E-state index contributed by atoms with van der Waals surface area (Å²) < 4.78 is 10.8. The summed E-state index contributed by atoms with van der Waals surface area (Å²) in [4.78, 5) is 25.1. The minimum absolute atomic E-state index is 0.0813. The lowest BCUT2D eigenvalue weighted by Crippen LogP contribution is -2.23. The first-order chi connectivity index (χ1) is 11.4. The lowest BCUT2D eigenvalue weighted by atomic mass is 9.84. The van der Waals surface area contributed by atoms with Gasteiger partial charge in [0.1, 0.15) is 16.9 Å². The van der Waals surface area contributed by atoms with E-state index in [0.29, 0.717) is 23.3 Å². The summed E-state index contributed by atoms with van der Waals surface area (Å²) in [6.07, 6.45) is 2.90. The molecule has 0 spiro atoms. The highest BCUT2D eigenvalue weighted by atomic mass is 35.5. The summed E-state index contributed by atoms with van der Waals surface area (Å²) in [5, 5.41) is 10.4. The van der Waals surface area contributed by atoms with Crippen LogP contribution in [0.1, 0.15) is 64.6 Å². The number of phenols is 1. The van der Waals surface area contributed by atoms with E-state index in [9.17, 15) is 14.7 Å². The number of carbonyl (C=O) groups excluding carboxylic acids is 2. The number of halogens is 1. The van der Waals surface area contributed by atoms with Crippen molar-refractivity contribution in [3.8, 4) is 5.75 Å². The average molecular weight is 349 g/mol. The molecular formula is C18H17ClO5. The van der Waals surface area contributed by atoms with E-state index in [4.69, 9.17) is 21.1 Å². The molecule has 0 bridgehead atoms. The van der Waals surface area contributed by atoms with Crippen molar-refractivity contribution in [1.29, 1.82) is 0 Å². The Morgan fingerprint density at radius 1 is 1.33 bits per heavy atom. The van der Waals surface area contributed by atoms with Gasteiger partial charge < -0.3 is 14.6 Å². The highest BCUT2D eigenvalue weighted by Gasteiger charge is 2.38. The van der Waals surface area contributed by atoms with Crippen LogP contribution in [0.25, 0.3) is 6.08 Å². The molecule has 5 nitrogen and oxygen atoms in total. The monoisotopic (exact) mass is 348 g/mol. The topological polar surface area (TPSA) is 72.8 Å². The van der Waals surface area contributed by atoms with Crippen molar-refractivity contribution >= 4 is 29.2 Å². The smallest absolute Gasteiger partial charge is 0.230 e. The van der Waals surface area contributed by atoms with E-state index < -0.39 is 11.6 Å². The Kier molecular flexibility index (Phi) is 4.13. The van der Waals surface area contributed by atoms with Crippen molar-refractivity contribution in [2.75, 3.05) is 7.11 Å². The van der Waals surface area contributed by atoms with Crippen LogP contribution in [0.2, 0.25) is 0 Å². The molecule has 6 heteroatoms. The summed E-state index contributed by atoms with van der Waals surface area (Å²) in [7, 11) is 1.28. The van der Waals surface area contributed by atoms with Gasteiger partial charge in [-0.15, -0.1) is 0 Å². The Bertz CT molecular complexity index is 819. The van der Waals surface area contributed by atoms with E-state index in [1.165, 1.54) is 7.11 Å². The number of ether oxygens (including phenoxy) is 2. The Morgan fingerprint density at radius 3 is 2.67 bits per heavy atom. The first kappa shape index (κ1) is 16.6. The summed E-state index contributed by atoms with van der Waals surface area (Å²) in [6.45, 7) is 3.82. The van der Waals surface area contributed by atoms with Crippen molar-refractivity contribution < 1.29 is 24.2 Å². The lowest BCUT2D eigenvalue weighted by molar-refractivity contribution is 0.0905. The molecule has 0 aromatic heterocycles. The van der Waals surface area contributed by atoms with Crippen LogP contribution in [0.3, 0.4) is 0 Å².